The summed E-state index contributed by atoms with van der Waals surface area (Å²) >= 11 is 0. The lowest BCUT2D eigenvalue weighted by molar-refractivity contribution is -0.126. The minimum absolute atomic E-state index is 0.00494. The van der Waals surface area contributed by atoms with Crippen molar-refractivity contribution < 1.29 is 29.7 Å². The van der Waals surface area contributed by atoms with Crippen LogP contribution in [0.25, 0.3) is 0 Å². The molecule has 0 bridgehead atoms. The maximum Gasteiger partial charge on any atom is 0.255 e. The van der Waals surface area contributed by atoms with Gasteiger partial charge in [0.1, 0.15) is 22.8 Å². The minimum Gasteiger partial charge on any atom is -0.511 e. The average molecular weight is 514 g/mol. The van der Waals surface area contributed by atoms with Crippen LogP contribution in [0.1, 0.15) is 39.9 Å². The van der Waals surface area contributed by atoms with Gasteiger partial charge in [0.25, 0.3) is 5.91 Å². The van der Waals surface area contributed by atoms with Crippen molar-refractivity contribution in [3.63, 3.8) is 0 Å². The van der Waals surface area contributed by atoms with Gasteiger partial charge in [-0.25, -0.2) is 0 Å². The number of aromatic hydroxyl groups is 1. The molecule has 0 saturated heterocycles. The molecule has 9 nitrogen and oxygen atoms in total. The highest BCUT2D eigenvalue weighted by molar-refractivity contribution is 6.22. The van der Waals surface area contributed by atoms with Crippen LogP contribution in [0.2, 0.25) is 0 Å². The molecule has 3 atom stereocenters. The predicted molar refractivity (Wildman–Crippen MR) is 141 cm³/mol. The van der Waals surface area contributed by atoms with Crippen LogP contribution in [0.5, 0.6) is 5.75 Å². The number of ketones is 2. The first-order valence-electron chi connectivity index (χ1n) is 12.2. The van der Waals surface area contributed by atoms with E-state index in [1.165, 1.54) is 0 Å². The smallest absolute Gasteiger partial charge is 0.255 e. The number of amides is 1. The van der Waals surface area contributed by atoms with Crippen LogP contribution in [0.4, 0.5) is 11.4 Å². The summed E-state index contributed by atoms with van der Waals surface area (Å²) in [6.45, 7) is 0. The first-order valence-corrected chi connectivity index (χ1v) is 12.2. The molecule has 0 saturated carbocycles. The summed E-state index contributed by atoms with van der Waals surface area (Å²) in [4.78, 5) is 40.5. The zero-order valence-corrected chi connectivity index (χ0v) is 20.9. The number of nitrogen functional groups attached to an aromatic ring is 1. The Morgan fingerprint density at radius 2 is 1.74 bits per heavy atom. The highest BCUT2D eigenvalue weighted by atomic mass is 16.3. The highest BCUT2D eigenvalue weighted by Crippen LogP contribution is 2.51. The molecule has 38 heavy (non-hydrogen) atoms. The van der Waals surface area contributed by atoms with Gasteiger partial charge in [-0.3, -0.25) is 14.4 Å². The highest BCUT2D eigenvalue weighted by Gasteiger charge is 2.50. The fourth-order valence-corrected chi connectivity index (χ4v) is 5.89. The van der Waals surface area contributed by atoms with Crippen molar-refractivity contribution in [1.29, 1.82) is 0 Å². The molecule has 0 fully saturated rings. The molecule has 0 heterocycles. The molecule has 0 aliphatic heterocycles. The largest absolute Gasteiger partial charge is 0.511 e. The monoisotopic (exact) mass is 513 g/mol. The number of carbonyl (C=O) groups excluding carboxylic acids is 3. The molecule has 0 aromatic heterocycles. The zero-order chi connectivity index (χ0) is 27.5. The number of allylic oxidation sites excluding steroid dienone is 3. The summed E-state index contributed by atoms with van der Waals surface area (Å²) in [5.74, 6) is 0.241. The Hall–Kier alpha value is -4.71. The SMILES string of the molecule is CN(C)c1cc(C#Cc2ccc(N)cc2)c(O)c2c1CC1CC3CC(O)=C(C(N)=O)C(=O)C3C(O)=C1C2=O. The number of rotatable bonds is 2. The van der Waals surface area contributed by atoms with Gasteiger partial charge in [-0.05, 0) is 60.6 Å². The number of hydrogen-bond acceptors (Lipinski definition) is 8. The van der Waals surface area contributed by atoms with Crippen molar-refractivity contribution in [1.82, 2.24) is 0 Å². The maximum absolute atomic E-state index is 13.9. The van der Waals surface area contributed by atoms with Gasteiger partial charge in [0.2, 0.25) is 0 Å². The van der Waals surface area contributed by atoms with Crippen LogP contribution < -0.4 is 16.4 Å². The number of Topliss-reactive ketones (excluding diaryl/α,β-unsaturated/α-hetero) is 2. The van der Waals surface area contributed by atoms with E-state index >= 15 is 0 Å². The van der Waals surface area contributed by atoms with Crippen LogP contribution in [0.15, 0.2) is 53.0 Å². The lowest BCUT2D eigenvalue weighted by Crippen LogP contribution is -2.43. The lowest BCUT2D eigenvalue weighted by atomic mass is 9.62. The summed E-state index contributed by atoms with van der Waals surface area (Å²) in [6.07, 6.45) is 0.663. The summed E-state index contributed by atoms with van der Waals surface area (Å²) in [7, 11) is 3.64. The van der Waals surface area contributed by atoms with E-state index in [0.717, 1.165) is 0 Å². The number of hydrogen-bond donors (Lipinski definition) is 5. The second kappa shape index (κ2) is 8.99. The summed E-state index contributed by atoms with van der Waals surface area (Å²) in [5, 5.41) is 32.7. The molecule has 194 valence electrons. The number of phenolic OH excluding ortho intramolecular Hbond substituents is 1. The van der Waals surface area contributed by atoms with Crippen molar-refractivity contribution in [2.45, 2.75) is 19.3 Å². The number of anilines is 2. The number of primary amides is 1. The van der Waals surface area contributed by atoms with Crippen LogP contribution in [0.3, 0.4) is 0 Å². The third-order valence-electron chi connectivity index (χ3n) is 7.60. The molecule has 2 aromatic rings. The number of carbonyl (C=O) groups is 3. The van der Waals surface area contributed by atoms with Crippen molar-refractivity contribution in [3.05, 3.63) is 75.3 Å². The van der Waals surface area contributed by atoms with Crippen LogP contribution >= 0.6 is 0 Å². The van der Waals surface area contributed by atoms with E-state index in [2.05, 4.69) is 11.8 Å². The van der Waals surface area contributed by atoms with Crippen LogP contribution in [-0.4, -0.2) is 46.9 Å². The molecule has 3 aliphatic rings. The van der Waals surface area contributed by atoms with Crippen molar-refractivity contribution >= 4 is 28.8 Å². The first kappa shape index (κ1) is 25.0. The molecular formula is C29H27N3O6. The summed E-state index contributed by atoms with van der Waals surface area (Å²) in [6, 6.07) is 8.64. The Labute approximate surface area is 219 Å². The second-order valence-electron chi connectivity index (χ2n) is 10.2. The number of nitrogens with zero attached hydrogens (tertiary/aromatic N) is 1. The van der Waals surface area contributed by atoms with Crippen molar-refractivity contribution in [2.24, 2.45) is 23.5 Å². The number of aliphatic hydroxyl groups excluding tert-OH is 2. The molecule has 9 heteroatoms. The van der Waals surface area contributed by atoms with E-state index in [-0.39, 0.29) is 28.9 Å². The minimum atomic E-state index is -1.16. The van der Waals surface area contributed by atoms with E-state index in [4.69, 9.17) is 11.5 Å². The zero-order valence-electron chi connectivity index (χ0n) is 20.9. The number of phenols is 1. The average Bonchev–Trinajstić information content (AvgIpc) is 2.83. The van der Waals surface area contributed by atoms with Crippen molar-refractivity contribution in [3.8, 4) is 17.6 Å². The third-order valence-corrected chi connectivity index (χ3v) is 7.60. The van der Waals surface area contributed by atoms with Gasteiger partial charge >= 0.3 is 0 Å². The van der Waals surface area contributed by atoms with E-state index in [0.29, 0.717) is 35.3 Å². The van der Waals surface area contributed by atoms with E-state index in [1.54, 1.807) is 30.3 Å². The maximum atomic E-state index is 13.9. The second-order valence-corrected chi connectivity index (χ2v) is 10.2. The van der Waals surface area contributed by atoms with Crippen molar-refractivity contribution in [2.75, 3.05) is 24.7 Å². The Morgan fingerprint density at radius 1 is 1.05 bits per heavy atom. The topological polar surface area (TPSA) is 167 Å². The van der Waals surface area contributed by atoms with Gasteiger partial charge in [0.05, 0.1) is 17.0 Å². The van der Waals surface area contributed by atoms with E-state index in [1.807, 2.05) is 19.0 Å². The van der Waals surface area contributed by atoms with Crippen LogP contribution in [0, 0.1) is 29.6 Å². The Bertz CT molecular complexity index is 1540. The number of nitrogens with two attached hydrogens (primary N) is 2. The molecule has 2 aromatic carbocycles. The molecule has 3 aliphatic carbocycles. The van der Waals surface area contributed by atoms with Gasteiger partial charge in [-0.2, -0.15) is 0 Å². The van der Waals surface area contributed by atoms with Gasteiger partial charge in [0.15, 0.2) is 11.6 Å². The lowest BCUT2D eigenvalue weighted by Gasteiger charge is -2.41. The number of fused-ring (bicyclic) bond motifs is 3. The van der Waals surface area contributed by atoms with E-state index < -0.39 is 52.3 Å². The predicted octanol–water partition coefficient (Wildman–Crippen LogP) is 2.51. The molecule has 3 unspecified atom stereocenters. The van der Waals surface area contributed by atoms with Gasteiger partial charge in [0, 0.05) is 43.0 Å². The molecule has 7 N–H and O–H groups in total. The molecule has 5 rings (SSSR count). The van der Waals surface area contributed by atoms with Crippen LogP contribution in [-0.2, 0) is 16.0 Å². The standard InChI is InChI=1S/C29H27N3O6/c1-32(2)19-11-14(6-3-13-4-7-17(30)8-5-13)25(34)23-18(19)10-15-9-16-12-20(33)24(29(31)38)28(37)22(16)26(35)21(15)27(23)36/h4-5,7-8,11,15-16,22,33-35H,9-10,12,30H2,1-2H3,(H2,31,38). The molecule has 0 radical (unpaired) electrons. The molecular weight excluding hydrogens is 486 g/mol. The molecule has 0 spiro atoms. The summed E-state index contributed by atoms with van der Waals surface area (Å²) in [5.41, 5.74) is 13.4. The van der Waals surface area contributed by atoms with Gasteiger partial charge in [-0.15, -0.1) is 0 Å². The van der Waals surface area contributed by atoms with E-state index in [9.17, 15) is 29.7 Å². The third kappa shape index (κ3) is 3.86. The molecule has 1 amide bonds. The number of benzene rings is 2. The fourth-order valence-electron chi connectivity index (χ4n) is 5.89. The quantitative estimate of drug-likeness (QED) is 0.232. The van der Waals surface area contributed by atoms with Gasteiger partial charge in [-0.1, -0.05) is 11.8 Å². The Kier molecular flexibility index (Phi) is 5.91. The summed E-state index contributed by atoms with van der Waals surface area (Å²) < 4.78 is 0. The Balaban J connectivity index is 1.64. The first-order chi connectivity index (χ1) is 18.0. The Morgan fingerprint density at radius 3 is 2.37 bits per heavy atom. The number of aliphatic hydroxyl groups is 2. The van der Waals surface area contributed by atoms with Gasteiger partial charge < -0.3 is 31.7 Å². The normalized spacial score (nSPS) is 22.2. The fraction of sp³-hybridized carbons (Fsp3) is 0.276.